The SMILES string of the molecule is CCCCCS(=O)(=O)CC(=O)Nc1ncn(Cc2cccc(Br)c2)n1. The summed E-state index contributed by atoms with van der Waals surface area (Å²) in [5.41, 5.74) is 1.02. The van der Waals surface area contributed by atoms with Gasteiger partial charge >= 0.3 is 0 Å². The standard InChI is InChI=1S/C16H21BrN4O3S/c1-2-3-4-8-25(23,24)11-15(22)19-16-18-12-21(20-16)10-13-6-5-7-14(17)9-13/h5-7,9,12H,2-4,8,10-11H2,1H3,(H,19,20,22). The zero-order chi connectivity index (χ0) is 18.3. The third-order valence-electron chi connectivity index (χ3n) is 3.43. The molecule has 7 nitrogen and oxygen atoms in total. The summed E-state index contributed by atoms with van der Waals surface area (Å²) in [5, 5.41) is 6.58. The molecular weight excluding hydrogens is 408 g/mol. The van der Waals surface area contributed by atoms with E-state index in [1.54, 1.807) is 4.68 Å². The Morgan fingerprint density at radius 1 is 1.32 bits per heavy atom. The highest BCUT2D eigenvalue weighted by Crippen LogP contribution is 2.12. The number of benzene rings is 1. The molecule has 1 aromatic heterocycles. The number of sulfone groups is 1. The molecule has 0 bridgehead atoms. The molecule has 9 heteroatoms. The molecule has 0 fully saturated rings. The van der Waals surface area contributed by atoms with Crippen LogP contribution in [0.1, 0.15) is 31.7 Å². The van der Waals surface area contributed by atoms with Crippen molar-refractivity contribution in [1.29, 1.82) is 0 Å². The van der Waals surface area contributed by atoms with Crippen LogP contribution >= 0.6 is 15.9 Å². The molecule has 0 saturated heterocycles. The van der Waals surface area contributed by atoms with Gasteiger partial charge in [-0.15, -0.1) is 5.10 Å². The fraction of sp³-hybridized carbons (Fsp3) is 0.438. The van der Waals surface area contributed by atoms with Crippen molar-refractivity contribution in [3.63, 3.8) is 0 Å². The van der Waals surface area contributed by atoms with Crippen LogP contribution in [0.4, 0.5) is 5.95 Å². The van der Waals surface area contributed by atoms with Crippen molar-refractivity contribution in [1.82, 2.24) is 14.8 Å². The Balaban J connectivity index is 1.89. The largest absolute Gasteiger partial charge is 0.292 e. The van der Waals surface area contributed by atoms with Crippen LogP contribution in [0.15, 0.2) is 35.1 Å². The molecular formula is C16H21BrN4O3S. The van der Waals surface area contributed by atoms with E-state index in [1.165, 1.54) is 6.33 Å². The van der Waals surface area contributed by atoms with Gasteiger partial charge in [-0.2, -0.15) is 0 Å². The molecule has 1 heterocycles. The first kappa shape index (κ1) is 19.6. The predicted molar refractivity (Wildman–Crippen MR) is 100 cm³/mol. The van der Waals surface area contributed by atoms with E-state index in [2.05, 4.69) is 31.3 Å². The molecule has 136 valence electrons. The van der Waals surface area contributed by atoms with Crippen LogP contribution in [0.25, 0.3) is 0 Å². The molecule has 1 N–H and O–H groups in total. The van der Waals surface area contributed by atoms with E-state index in [9.17, 15) is 13.2 Å². The molecule has 2 rings (SSSR count). The summed E-state index contributed by atoms with van der Waals surface area (Å²) in [6, 6.07) is 7.76. The van der Waals surface area contributed by atoms with E-state index in [1.807, 2.05) is 31.2 Å². The van der Waals surface area contributed by atoms with Gasteiger partial charge in [0, 0.05) is 4.47 Å². The minimum absolute atomic E-state index is 0.0268. The number of aromatic nitrogens is 3. The highest BCUT2D eigenvalue weighted by Gasteiger charge is 2.17. The molecule has 25 heavy (non-hydrogen) atoms. The smallest absolute Gasteiger partial charge is 0.248 e. The van der Waals surface area contributed by atoms with Gasteiger partial charge in [0.2, 0.25) is 11.9 Å². The normalized spacial score (nSPS) is 11.4. The maximum atomic E-state index is 11.9. The number of rotatable bonds is 9. The van der Waals surface area contributed by atoms with Gasteiger partial charge in [0.1, 0.15) is 12.1 Å². The van der Waals surface area contributed by atoms with Gasteiger partial charge in [-0.1, -0.05) is 47.8 Å². The molecule has 0 aliphatic heterocycles. The Morgan fingerprint density at radius 3 is 2.84 bits per heavy atom. The highest BCUT2D eigenvalue weighted by atomic mass is 79.9. The summed E-state index contributed by atoms with van der Waals surface area (Å²) < 4.78 is 26.3. The molecule has 0 atom stereocenters. The summed E-state index contributed by atoms with van der Waals surface area (Å²) in [5.74, 6) is -1.03. The number of carbonyl (C=O) groups excluding carboxylic acids is 1. The van der Waals surface area contributed by atoms with Crippen molar-refractivity contribution >= 4 is 37.6 Å². The maximum Gasteiger partial charge on any atom is 0.248 e. The quantitative estimate of drug-likeness (QED) is 0.619. The summed E-state index contributed by atoms with van der Waals surface area (Å²) in [4.78, 5) is 15.9. The van der Waals surface area contributed by atoms with Gasteiger partial charge in [-0.25, -0.2) is 18.1 Å². The van der Waals surface area contributed by atoms with E-state index < -0.39 is 21.5 Å². The summed E-state index contributed by atoms with van der Waals surface area (Å²) >= 11 is 3.40. The summed E-state index contributed by atoms with van der Waals surface area (Å²) in [7, 11) is -3.40. The average molecular weight is 429 g/mol. The van der Waals surface area contributed by atoms with Crippen LogP contribution in [0, 0.1) is 0 Å². The van der Waals surface area contributed by atoms with Crippen molar-refractivity contribution < 1.29 is 13.2 Å². The van der Waals surface area contributed by atoms with E-state index >= 15 is 0 Å². The number of hydrogen-bond donors (Lipinski definition) is 1. The number of unbranched alkanes of at least 4 members (excludes halogenated alkanes) is 2. The number of amides is 1. The summed E-state index contributed by atoms with van der Waals surface area (Å²) in [6.07, 6.45) is 3.83. The first-order valence-electron chi connectivity index (χ1n) is 8.02. The number of hydrogen-bond acceptors (Lipinski definition) is 5. The fourth-order valence-electron chi connectivity index (χ4n) is 2.26. The van der Waals surface area contributed by atoms with Crippen LogP contribution in [-0.2, 0) is 21.2 Å². The Labute approximate surface area is 155 Å². The first-order valence-corrected chi connectivity index (χ1v) is 10.6. The van der Waals surface area contributed by atoms with Crippen molar-refractivity contribution in [3.05, 3.63) is 40.6 Å². The lowest BCUT2D eigenvalue weighted by Gasteiger charge is -2.04. The fourth-order valence-corrected chi connectivity index (χ4v) is 3.96. The second kappa shape index (κ2) is 9.10. The zero-order valence-electron chi connectivity index (χ0n) is 14.0. The van der Waals surface area contributed by atoms with Gasteiger partial charge < -0.3 is 0 Å². The van der Waals surface area contributed by atoms with Crippen molar-refractivity contribution in [3.8, 4) is 0 Å². The third kappa shape index (κ3) is 6.95. The second-order valence-electron chi connectivity index (χ2n) is 5.74. The van der Waals surface area contributed by atoms with Gasteiger partial charge in [-0.3, -0.25) is 10.1 Å². The topological polar surface area (TPSA) is 94.0 Å². The van der Waals surface area contributed by atoms with Gasteiger partial charge in [0.25, 0.3) is 0 Å². The number of nitrogens with zero attached hydrogens (tertiary/aromatic N) is 3. The van der Waals surface area contributed by atoms with Crippen LogP contribution in [0.5, 0.6) is 0 Å². The highest BCUT2D eigenvalue weighted by molar-refractivity contribution is 9.10. The molecule has 2 aromatic rings. The number of carbonyl (C=O) groups is 1. The molecule has 0 saturated carbocycles. The molecule has 1 amide bonds. The third-order valence-corrected chi connectivity index (χ3v) is 5.54. The molecule has 0 aliphatic rings. The monoisotopic (exact) mass is 428 g/mol. The van der Waals surface area contributed by atoms with E-state index in [0.717, 1.165) is 22.9 Å². The number of nitrogens with one attached hydrogen (secondary N) is 1. The molecule has 0 unspecified atom stereocenters. The molecule has 0 aliphatic carbocycles. The van der Waals surface area contributed by atoms with Crippen molar-refractivity contribution in [2.45, 2.75) is 32.7 Å². The molecule has 1 aromatic carbocycles. The van der Waals surface area contributed by atoms with Crippen LogP contribution < -0.4 is 5.32 Å². The van der Waals surface area contributed by atoms with Gasteiger partial charge in [0.05, 0.1) is 12.3 Å². The lowest BCUT2D eigenvalue weighted by molar-refractivity contribution is -0.113. The average Bonchev–Trinajstić information content (AvgIpc) is 2.93. The minimum Gasteiger partial charge on any atom is -0.292 e. The van der Waals surface area contributed by atoms with Crippen LogP contribution in [0.2, 0.25) is 0 Å². The van der Waals surface area contributed by atoms with Crippen LogP contribution in [-0.4, -0.2) is 40.6 Å². The van der Waals surface area contributed by atoms with E-state index in [-0.39, 0.29) is 11.7 Å². The lowest BCUT2D eigenvalue weighted by Crippen LogP contribution is -2.25. The van der Waals surface area contributed by atoms with Gasteiger partial charge in [-0.05, 0) is 24.1 Å². The zero-order valence-corrected chi connectivity index (χ0v) is 16.4. The second-order valence-corrected chi connectivity index (χ2v) is 8.84. The first-order chi connectivity index (χ1) is 11.9. The minimum atomic E-state index is -3.40. The maximum absolute atomic E-state index is 11.9. The summed E-state index contributed by atoms with van der Waals surface area (Å²) in [6.45, 7) is 2.49. The number of anilines is 1. The van der Waals surface area contributed by atoms with Crippen LogP contribution in [0.3, 0.4) is 0 Å². The Hall–Kier alpha value is -1.74. The molecule has 0 spiro atoms. The van der Waals surface area contributed by atoms with Crippen molar-refractivity contribution in [2.75, 3.05) is 16.8 Å². The molecule has 0 radical (unpaired) electrons. The number of halogens is 1. The van der Waals surface area contributed by atoms with Crippen molar-refractivity contribution in [2.24, 2.45) is 0 Å². The Bertz CT molecular complexity index is 820. The van der Waals surface area contributed by atoms with Gasteiger partial charge in [0.15, 0.2) is 9.84 Å². The predicted octanol–water partition coefficient (Wildman–Crippen LogP) is 2.63. The Kier molecular flexibility index (Phi) is 7.12. The van der Waals surface area contributed by atoms with E-state index in [4.69, 9.17) is 0 Å². The van der Waals surface area contributed by atoms with E-state index in [0.29, 0.717) is 13.0 Å². The Morgan fingerprint density at radius 2 is 2.12 bits per heavy atom. The lowest BCUT2D eigenvalue weighted by atomic mass is 10.2.